The second-order valence-electron chi connectivity index (χ2n) is 7.90. The smallest absolute Gasteiger partial charge is 0.410 e. The maximum atomic E-state index is 12.4. The molecule has 0 spiro atoms. The van der Waals surface area contributed by atoms with Gasteiger partial charge in [0.1, 0.15) is 18.0 Å². The highest BCUT2D eigenvalue weighted by Crippen LogP contribution is 2.25. The molecule has 0 bridgehead atoms. The fraction of sp³-hybridized carbons (Fsp3) is 0.409. The molecule has 3 heterocycles. The second-order valence-corrected chi connectivity index (χ2v) is 7.90. The van der Waals surface area contributed by atoms with Gasteiger partial charge in [-0.3, -0.25) is 9.97 Å². The summed E-state index contributed by atoms with van der Waals surface area (Å²) in [6.07, 6.45) is 8.48. The van der Waals surface area contributed by atoms with Crippen molar-refractivity contribution in [1.29, 1.82) is 0 Å². The molecular weight excluding hydrogens is 354 g/mol. The zero-order valence-corrected chi connectivity index (χ0v) is 16.7. The van der Waals surface area contributed by atoms with Crippen LogP contribution in [0.1, 0.15) is 44.7 Å². The van der Waals surface area contributed by atoms with Crippen LogP contribution < -0.4 is 4.74 Å². The van der Waals surface area contributed by atoms with Gasteiger partial charge in [0.2, 0.25) is 0 Å². The third-order valence-corrected chi connectivity index (χ3v) is 4.54. The Hall–Kier alpha value is -2.89. The second kappa shape index (κ2) is 8.42. The van der Waals surface area contributed by atoms with Gasteiger partial charge in [-0.1, -0.05) is 6.58 Å². The first-order valence-electron chi connectivity index (χ1n) is 9.50. The van der Waals surface area contributed by atoms with E-state index < -0.39 is 5.60 Å². The average Bonchev–Trinajstić information content (AvgIpc) is 3.14. The zero-order valence-electron chi connectivity index (χ0n) is 16.7. The summed E-state index contributed by atoms with van der Waals surface area (Å²) in [7, 11) is 0. The molecule has 0 saturated carbocycles. The minimum atomic E-state index is -0.503. The summed E-state index contributed by atoms with van der Waals surface area (Å²) >= 11 is 0. The molecule has 2 aromatic rings. The molecule has 2 aromatic heterocycles. The molecule has 6 nitrogen and oxygen atoms in total. The van der Waals surface area contributed by atoms with Crippen molar-refractivity contribution in [3.63, 3.8) is 0 Å². The van der Waals surface area contributed by atoms with E-state index in [1.165, 1.54) is 0 Å². The predicted molar refractivity (Wildman–Crippen MR) is 108 cm³/mol. The average molecular weight is 381 g/mol. The molecule has 0 unspecified atom stereocenters. The number of carbonyl (C=O) groups is 1. The van der Waals surface area contributed by atoms with Gasteiger partial charge in [-0.05, 0) is 62.9 Å². The molecule has 1 fully saturated rings. The molecule has 3 rings (SSSR count). The lowest BCUT2D eigenvalue weighted by atomic mass is 10.0. The molecule has 1 aliphatic heterocycles. The van der Waals surface area contributed by atoms with Crippen molar-refractivity contribution in [3.05, 3.63) is 60.7 Å². The summed E-state index contributed by atoms with van der Waals surface area (Å²) in [5, 5.41) is 0. The predicted octanol–water partition coefficient (Wildman–Crippen LogP) is 4.32. The fourth-order valence-electron chi connectivity index (χ4n) is 3.14. The third-order valence-electron chi connectivity index (χ3n) is 4.54. The Bertz CT molecular complexity index is 830. The monoisotopic (exact) mass is 381 g/mol. The van der Waals surface area contributed by atoms with Crippen molar-refractivity contribution >= 4 is 11.7 Å². The van der Waals surface area contributed by atoms with Crippen LogP contribution in [-0.2, 0) is 4.74 Å². The Labute approximate surface area is 166 Å². The Morgan fingerprint density at radius 3 is 2.68 bits per heavy atom. The van der Waals surface area contributed by atoms with Gasteiger partial charge >= 0.3 is 6.09 Å². The molecule has 1 atom stereocenters. The van der Waals surface area contributed by atoms with Gasteiger partial charge in [-0.15, -0.1) is 0 Å². The molecule has 28 heavy (non-hydrogen) atoms. The highest BCUT2D eigenvalue weighted by Gasteiger charge is 2.32. The van der Waals surface area contributed by atoms with Crippen LogP contribution in [0, 0.1) is 0 Å². The number of hydrogen-bond donors (Lipinski definition) is 0. The third kappa shape index (κ3) is 5.09. The van der Waals surface area contributed by atoms with Crippen LogP contribution in [0.5, 0.6) is 5.75 Å². The number of nitrogens with zero attached hydrogens (tertiary/aromatic N) is 3. The van der Waals surface area contributed by atoms with E-state index in [-0.39, 0.29) is 12.1 Å². The van der Waals surface area contributed by atoms with Crippen LogP contribution in [0.4, 0.5) is 4.79 Å². The molecule has 1 aliphatic rings. The summed E-state index contributed by atoms with van der Waals surface area (Å²) in [5.74, 6) is 0.656. The largest absolute Gasteiger partial charge is 0.490 e. The molecule has 1 amide bonds. The number of hydrogen-bond acceptors (Lipinski definition) is 5. The number of aromatic nitrogens is 2. The molecule has 0 aromatic carbocycles. The molecule has 6 heteroatoms. The minimum absolute atomic E-state index is 0.00176. The van der Waals surface area contributed by atoms with Crippen molar-refractivity contribution in [2.75, 3.05) is 13.2 Å². The normalized spacial score (nSPS) is 16.7. The van der Waals surface area contributed by atoms with Crippen molar-refractivity contribution in [2.45, 2.75) is 45.3 Å². The topological polar surface area (TPSA) is 64.6 Å². The van der Waals surface area contributed by atoms with Crippen LogP contribution in [0.25, 0.3) is 5.57 Å². The Morgan fingerprint density at radius 2 is 1.96 bits per heavy atom. The SMILES string of the molecule is C=C(c1ccncc1)c1cncc(OC[C@@H]2CCCN2C(=O)OC(C)(C)C)c1. The molecular formula is C22H27N3O3. The Kier molecular flexibility index (Phi) is 5.97. The number of rotatable bonds is 5. The molecule has 0 aliphatic carbocycles. The van der Waals surface area contributed by atoms with Gasteiger partial charge in [0.05, 0.1) is 12.2 Å². The van der Waals surface area contributed by atoms with Crippen molar-refractivity contribution < 1.29 is 14.3 Å². The van der Waals surface area contributed by atoms with E-state index in [4.69, 9.17) is 9.47 Å². The standard InChI is InChI=1S/C22H27N3O3/c1-16(17-7-9-23-10-8-17)18-12-20(14-24-13-18)27-15-19-6-5-11-25(19)21(26)28-22(2,3)4/h7-10,12-14,19H,1,5-6,11,15H2,2-4H3/t19-/m0/s1. The van der Waals surface area contributed by atoms with Gasteiger partial charge in [-0.2, -0.15) is 0 Å². The summed E-state index contributed by atoms with van der Waals surface area (Å²) in [6, 6.07) is 5.74. The van der Waals surface area contributed by atoms with Crippen molar-refractivity contribution in [1.82, 2.24) is 14.9 Å². The van der Waals surface area contributed by atoms with Gasteiger partial charge in [-0.25, -0.2) is 4.79 Å². The van der Waals surface area contributed by atoms with Crippen LogP contribution in [0.2, 0.25) is 0 Å². The van der Waals surface area contributed by atoms with Crippen LogP contribution in [0.15, 0.2) is 49.6 Å². The Balaban J connectivity index is 1.63. The summed E-state index contributed by atoms with van der Waals surface area (Å²) < 4.78 is 11.5. The van der Waals surface area contributed by atoms with E-state index in [9.17, 15) is 4.79 Å². The first kappa shape index (κ1) is 19.9. The zero-order chi connectivity index (χ0) is 20.1. The maximum absolute atomic E-state index is 12.4. The summed E-state index contributed by atoms with van der Waals surface area (Å²) in [6.45, 7) is 10.9. The molecule has 0 N–H and O–H groups in total. The van der Waals surface area contributed by atoms with E-state index in [0.717, 1.165) is 29.5 Å². The van der Waals surface area contributed by atoms with E-state index >= 15 is 0 Å². The first-order valence-corrected chi connectivity index (χ1v) is 9.50. The lowest BCUT2D eigenvalue weighted by Gasteiger charge is -2.28. The number of carbonyl (C=O) groups excluding carboxylic acids is 1. The van der Waals surface area contributed by atoms with Gasteiger partial charge in [0.15, 0.2) is 0 Å². The van der Waals surface area contributed by atoms with E-state index in [1.54, 1.807) is 29.7 Å². The number of likely N-dealkylation sites (tertiary alicyclic amines) is 1. The van der Waals surface area contributed by atoms with Crippen LogP contribution >= 0.6 is 0 Å². The van der Waals surface area contributed by atoms with Gasteiger partial charge in [0, 0.05) is 30.7 Å². The molecule has 148 valence electrons. The fourth-order valence-corrected chi connectivity index (χ4v) is 3.14. The van der Waals surface area contributed by atoms with Crippen LogP contribution in [0.3, 0.4) is 0 Å². The number of amides is 1. The van der Waals surface area contributed by atoms with E-state index in [0.29, 0.717) is 18.9 Å². The lowest BCUT2D eigenvalue weighted by Crippen LogP contribution is -2.42. The van der Waals surface area contributed by atoms with Gasteiger partial charge in [0.25, 0.3) is 0 Å². The minimum Gasteiger partial charge on any atom is -0.490 e. The Morgan fingerprint density at radius 1 is 1.21 bits per heavy atom. The van der Waals surface area contributed by atoms with Crippen molar-refractivity contribution in [2.24, 2.45) is 0 Å². The number of pyridine rings is 2. The van der Waals surface area contributed by atoms with Crippen molar-refractivity contribution in [3.8, 4) is 5.75 Å². The lowest BCUT2D eigenvalue weighted by molar-refractivity contribution is 0.0187. The highest BCUT2D eigenvalue weighted by molar-refractivity contribution is 5.77. The van der Waals surface area contributed by atoms with Crippen LogP contribution in [-0.4, -0.2) is 45.8 Å². The molecule has 1 saturated heterocycles. The van der Waals surface area contributed by atoms with Gasteiger partial charge < -0.3 is 14.4 Å². The van der Waals surface area contributed by atoms with E-state index in [2.05, 4.69) is 16.5 Å². The highest BCUT2D eigenvalue weighted by atomic mass is 16.6. The first-order chi connectivity index (χ1) is 13.3. The maximum Gasteiger partial charge on any atom is 0.410 e. The summed E-state index contributed by atoms with van der Waals surface area (Å²) in [5.41, 5.74) is 2.23. The molecule has 0 radical (unpaired) electrons. The number of ether oxygens (including phenoxy) is 2. The summed E-state index contributed by atoms with van der Waals surface area (Å²) in [4.78, 5) is 22.5. The van der Waals surface area contributed by atoms with E-state index in [1.807, 2.05) is 39.0 Å². The quantitative estimate of drug-likeness (QED) is 0.772.